The van der Waals surface area contributed by atoms with Gasteiger partial charge < -0.3 is 15.3 Å². The molecule has 0 aliphatic heterocycles. The number of hydrogen-bond donors (Lipinski definition) is 3. The van der Waals surface area contributed by atoms with E-state index in [2.05, 4.69) is 20.4 Å². The summed E-state index contributed by atoms with van der Waals surface area (Å²) in [5, 5.41) is 24.0. The van der Waals surface area contributed by atoms with Crippen molar-refractivity contribution in [3.8, 4) is 0 Å². The molecule has 0 spiro atoms. The molecular formula is C9H22O3. The molecule has 0 heterocycles. The van der Waals surface area contributed by atoms with Gasteiger partial charge in [0.1, 0.15) is 6.10 Å². The molecule has 0 aromatic carbocycles. The predicted molar refractivity (Wildman–Crippen MR) is 52.0 cm³/mol. The Morgan fingerprint density at radius 3 is 1.42 bits per heavy atom. The molecule has 0 radical (unpaired) electrons. The fourth-order valence-electron chi connectivity index (χ4n) is 0.0577. The van der Waals surface area contributed by atoms with Crippen LogP contribution in [0.1, 0.15) is 27.2 Å². The largest absolute Gasteiger partial charge is 0.394 e. The monoisotopic (exact) mass is 178 g/mol. The summed E-state index contributed by atoms with van der Waals surface area (Å²) < 4.78 is 0. The molecule has 12 heavy (non-hydrogen) atoms. The van der Waals surface area contributed by atoms with Crippen molar-refractivity contribution in [2.75, 3.05) is 13.2 Å². The molecule has 0 bridgehead atoms. The number of allylic oxidation sites excluding steroid dienone is 1. The van der Waals surface area contributed by atoms with E-state index in [9.17, 15) is 0 Å². The van der Waals surface area contributed by atoms with E-state index in [0.717, 1.165) is 0 Å². The highest BCUT2D eigenvalue weighted by Gasteiger charge is 1.93. The lowest BCUT2D eigenvalue weighted by molar-refractivity contribution is 0.0450. The molecule has 0 unspecified atom stereocenters. The van der Waals surface area contributed by atoms with Gasteiger partial charge in [0.25, 0.3) is 0 Å². The van der Waals surface area contributed by atoms with Gasteiger partial charge in [0.2, 0.25) is 0 Å². The van der Waals surface area contributed by atoms with E-state index >= 15 is 0 Å². The topological polar surface area (TPSA) is 60.7 Å². The van der Waals surface area contributed by atoms with Gasteiger partial charge in [-0.2, -0.15) is 0 Å². The SMILES string of the molecule is C=CC.CCC.OCC(O)CO. The van der Waals surface area contributed by atoms with Crippen LogP contribution in [0.15, 0.2) is 12.7 Å². The van der Waals surface area contributed by atoms with Crippen molar-refractivity contribution < 1.29 is 15.3 Å². The summed E-state index contributed by atoms with van der Waals surface area (Å²) in [6.07, 6.45) is 2.05. The Morgan fingerprint density at radius 2 is 1.42 bits per heavy atom. The first-order chi connectivity index (χ1) is 5.64. The first-order valence-electron chi connectivity index (χ1n) is 4.11. The van der Waals surface area contributed by atoms with Crippen LogP contribution in [-0.2, 0) is 0 Å². The molecule has 0 saturated carbocycles. The highest BCUT2D eigenvalue weighted by molar-refractivity contribution is 4.51. The smallest absolute Gasteiger partial charge is 0.100 e. The van der Waals surface area contributed by atoms with E-state index in [-0.39, 0.29) is 13.2 Å². The van der Waals surface area contributed by atoms with Gasteiger partial charge in [0.05, 0.1) is 13.2 Å². The molecule has 0 rings (SSSR count). The molecule has 0 aromatic rings. The zero-order chi connectivity index (χ0) is 10.4. The fraction of sp³-hybridized carbons (Fsp3) is 0.778. The number of aliphatic hydroxyl groups is 3. The molecule has 3 heteroatoms. The Kier molecular flexibility index (Phi) is 33.0. The van der Waals surface area contributed by atoms with Crippen LogP contribution in [0.3, 0.4) is 0 Å². The lowest BCUT2D eigenvalue weighted by atomic mass is 10.4. The molecule has 0 aromatic heterocycles. The molecule has 0 fully saturated rings. The van der Waals surface area contributed by atoms with Crippen molar-refractivity contribution in [1.82, 2.24) is 0 Å². The zero-order valence-electron chi connectivity index (χ0n) is 8.32. The average molecular weight is 178 g/mol. The Morgan fingerprint density at radius 1 is 1.25 bits per heavy atom. The van der Waals surface area contributed by atoms with E-state index < -0.39 is 6.10 Å². The highest BCUT2D eigenvalue weighted by atomic mass is 16.3. The maximum Gasteiger partial charge on any atom is 0.100 e. The summed E-state index contributed by atoms with van der Waals surface area (Å²) in [6, 6.07) is 0. The fourth-order valence-corrected chi connectivity index (χ4v) is 0.0577. The summed E-state index contributed by atoms with van der Waals surface area (Å²) in [5.41, 5.74) is 0. The Balaban J connectivity index is -0.000000115. The van der Waals surface area contributed by atoms with E-state index in [1.54, 1.807) is 6.08 Å². The van der Waals surface area contributed by atoms with E-state index in [4.69, 9.17) is 15.3 Å². The van der Waals surface area contributed by atoms with Crippen molar-refractivity contribution in [2.45, 2.75) is 33.3 Å². The number of hydrogen-bond acceptors (Lipinski definition) is 3. The second-order valence-electron chi connectivity index (χ2n) is 2.13. The third-order valence-corrected chi connectivity index (χ3v) is 0.421. The minimum absolute atomic E-state index is 0.365. The van der Waals surface area contributed by atoms with Crippen LogP contribution >= 0.6 is 0 Å². The van der Waals surface area contributed by atoms with Gasteiger partial charge in [0.15, 0.2) is 0 Å². The molecule has 3 nitrogen and oxygen atoms in total. The maximum atomic E-state index is 8.17. The summed E-state index contributed by atoms with van der Waals surface area (Å²) >= 11 is 0. The third kappa shape index (κ3) is 54.5. The van der Waals surface area contributed by atoms with Crippen LogP contribution in [0.2, 0.25) is 0 Å². The van der Waals surface area contributed by atoms with Crippen LogP contribution in [0.4, 0.5) is 0 Å². The van der Waals surface area contributed by atoms with Crippen LogP contribution in [0.5, 0.6) is 0 Å². The van der Waals surface area contributed by atoms with Gasteiger partial charge in [-0.15, -0.1) is 6.58 Å². The molecule has 3 N–H and O–H groups in total. The van der Waals surface area contributed by atoms with Gasteiger partial charge in [-0.25, -0.2) is 0 Å². The third-order valence-electron chi connectivity index (χ3n) is 0.421. The van der Waals surface area contributed by atoms with Crippen LogP contribution in [0.25, 0.3) is 0 Å². The van der Waals surface area contributed by atoms with Crippen molar-refractivity contribution in [3.63, 3.8) is 0 Å². The van der Waals surface area contributed by atoms with E-state index in [0.29, 0.717) is 0 Å². The summed E-state index contributed by atoms with van der Waals surface area (Å²) in [6.45, 7) is 8.77. The summed E-state index contributed by atoms with van der Waals surface area (Å²) in [7, 11) is 0. The minimum Gasteiger partial charge on any atom is -0.394 e. The van der Waals surface area contributed by atoms with E-state index in [1.807, 2.05) is 6.92 Å². The lowest BCUT2D eigenvalue weighted by Crippen LogP contribution is -2.15. The molecule has 0 aliphatic carbocycles. The van der Waals surface area contributed by atoms with Gasteiger partial charge >= 0.3 is 0 Å². The standard InChI is InChI=1S/C3H8O3.C3H8.C3H6/c4-1-3(6)2-5;2*1-3-2/h3-6H,1-2H2;3H2,1-2H3;3H,1H2,2H3. The highest BCUT2D eigenvalue weighted by Crippen LogP contribution is 1.71. The van der Waals surface area contributed by atoms with Gasteiger partial charge in [-0.1, -0.05) is 26.3 Å². The van der Waals surface area contributed by atoms with Crippen molar-refractivity contribution >= 4 is 0 Å². The predicted octanol–water partition coefficient (Wildman–Crippen LogP) is 0.940. The summed E-state index contributed by atoms with van der Waals surface area (Å²) in [5.74, 6) is 0. The Bertz CT molecular complexity index is 60.8. The normalized spacial score (nSPS) is 7.58. The second-order valence-corrected chi connectivity index (χ2v) is 2.13. The molecule has 0 saturated heterocycles. The quantitative estimate of drug-likeness (QED) is 0.551. The Hall–Kier alpha value is -0.380. The van der Waals surface area contributed by atoms with Gasteiger partial charge in [-0.3, -0.25) is 0 Å². The van der Waals surface area contributed by atoms with Gasteiger partial charge in [-0.05, 0) is 6.92 Å². The summed E-state index contributed by atoms with van der Waals surface area (Å²) in [4.78, 5) is 0. The number of rotatable bonds is 2. The Labute approximate surface area is 75.4 Å². The van der Waals surface area contributed by atoms with Crippen molar-refractivity contribution in [2.24, 2.45) is 0 Å². The molecule has 0 atom stereocenters. The van der Waals surface area contributed by atoms with Crippen LogP contribution < -0.4 is 0 Å². The molecular weight excluding hydrogens is 156 g/mol. The minimum atomic E-state index is -0.954. The zero-order valence-corrected chi connectivity index (χ0v) is 8.32. The van der Waals surface area contributed by atoms with E-state index in [1.165, 1.54) is 6.42 Å². The molecule has 0 amide bonds. The second kappa shape index (κ2) is 22.4. The first kappa shape index (κ1) is 17.6. The van der Waals surface area contributed by atoms with Crippen molar-refractivity contribution in [1.29, 1.82) is 0 Å². The van der Waals surface area contributed by atoms with Crippen molar-refractivity contribution in [3.05, 3.63) is 12.7 Å². The molecule has 76 valence electrons. The van der Waals surface area contributed by atoms with Gasteiger partial charge in [0, 0.05) is 0 Å². The molecule has 0 aliphatic rings. The van der Waals surface area contributed by atoms with Crippen LogP contribution in [-0.4, -0.2) is 34.6 Å². The lowest BCUT2D eigenvalue weighted by Gasteiger charge is -1.96. The van der Waals surface area contributed by atoms with Crippen LogP contribution in [0, 0.1) is 0 Å². The average Bonchev–Trinajstić information content (AvgIpc) is 2.06. The first-order valence-corrected chi connectivity index (χ1v) is 4.11. The number of aliphatic hydroxyl groups excluding tert-OH is 3. The maximum absolute atomic E-state index is 8.17.